The van der Waals surface area contributed by atoms with Crippen LogP contribution in [0.4, 0.5) is 0 Å². The summed E-state index contributed by atoms with van der Waals surface area (Å²) < 4.78 is 27.6. The van der Waals surface area contributed by atoms with Crippen LogP contribution in [0.5, 0.6) is 5.75 Å². The SMILES string of the molecule is Cc1ccc(C)c(OC(C)C(=O)NCCS(C)(=O)=O)c1. The van der Waals surface area contributed by atoms with E-state index in [1.807, 2.05) is 32.0 Å². The minimum atomic E-state index is -3.07. The molecule has 0 saturated carbocycles. The van der Waals surface area contributed by atoms with E-state index in [0.29, 0.717) is 5.75 Å². The molecule has 0 saturated heterocycles. The van der Waals surface area contributed by atoms with Crippen LogP contribution in [-0.2, 0) is 14.6 Å². The molecule has 20 heavy (non-hydrogen) atoms. The fourth-order valence-corrected chi connectivity index (χ4v) is 2.05. The number of hydrogen-bond acceptors (Lipinski definition) is 4. The van der Waals surface area contributed by atoms with Crippen molar-refractivity contribution in [1.82, 2.24) is 5.32 Å². The molecule has 1 rings (SSSR count). The smallest absolute Gasteiger partial charge is 0.260 e. The predicted octanol–water partition coefficient (Wildman–Crippen LogP) is 1.23. The van der Waals surface area contributed by atoms with Crippen LogP contribution in [0, 0.1) is 13.8 Å². The number of aryl methyl sites for hydroxylation is 2. The quantitative estimate of drug-likeness (QED) is 0.857. The van der Waals surface area contributed by atoms with E-state index in [9.17, 15) is 13.2 Å². The highest BCUT2D eigenvalue weighted by Crippen LogP contribution is 2.20. The Morgan fingerprint density at radius 1 is 1.35 bits per heavy atom. The van der Waals surface area contributed by atoms with Crippen LogP contribution < -0.4 is 10.1 Å². The molecule has 0 aliphatic heterocycles. The van der Waals surface area contributed by atoms with Crippen molar-refractivity contribution in [3.05, 3.63) is 29.3 Å². The highest BCUT2D eigenvalue weighted by Gasteiger charge is 2.15. The molecule has 1 aromatic carbocycles. The lowest BCUT2D eigenvalue weighted by atomic mass is 10.1. The van der Waals surface area contributed by atoms with E-state index in [4.69, 9.17) is 4.74 Å². The van der Waals surface area contributed by atoms with Crippen LogP contribution >= 0.6 is 0 Å². The first kappa shape index (κ1) is 16.5. The van der Waals surface area contributed by atoms with Crippen LogP contribution in [0.2, 0.25) is 0 Å². The Balaban J connectivity index is 2.55. The first-order chi connectivity index (χ1) is 9.19. The Labute approximate surface area is 120 Å². The number of rotatable bonds is 6. The summed E-state index contributed by atoms with van der Waals surface area (Å²) >= 11 is 0. The summed E-state index contributed by atoms with van der Waals surface area (Å²) in [6, 6.07) is 5.77. The number of amides is 1. The molecule has 5 nitrogen and oxygen atoms in total. The largest absolute Gasteiger partial charge is 0.481 e. The molecule has 1 aromatic rings. The van der Waals surface area contributed by atoms with E-state index in [2.05, 4.69) is 5.32 Å². The third kappa shape index (κ3) is 5.61. The molecule has 0 bridgehead atoms. The molecule has 112 valence electrons. The predicted molar refractivity (Wildman–Crippen MR) is 78.7 cm³/mol. The van der Waals surface area contributed by atoms with Gasteiger partial charge in [0.05, 0.1) is 5.75 Å². The summed E-state index contributed by atoms with van der Waals surface area (Å²) in [6.07, 6.45) is 0.463. The Morgan fingerprint density at radius 2 is 2.00 bits per heavy atom. The van der Waals surface area contributed by atoms with Crippen molar-refractivity contribution in [3.8, 4) is 5.75 Å². The summed E-state index contributed by atoms with van der Waals surface area (Å²) in [5.74, 6) is 0.264. The Bertz CT molecular complexity index is 581. The molecule has 1 N–H and O–H groups in total. The maximum Gasteiger partial charge on any atom is 0.260 e. The number of ether oxygens (including phenoxy) is 1. The van der Waals surface area contributed by atoms with Gasteiger partial charge in [-0.2, -0.15) is 0 Å². The number of sulfone groups is 1. The fraction of sp³-hybridized carbons (Fsp3) is 0.500. The van der Waals surface area contributed by atoms with E-state index in [1.54, 1.807) is 6.92 Å². The van der Waals surface area contributed by atoms with Crippen LogP contribution in [0.1, 0.15) is 18.1 Å². The highest BCUT2D eigenvalue weighted by atomic mass is 32.2. The minimum Gasteiger partial charge on any atom is -0.481 e. The first-order valence-corrected chi connectivity index (χ1v) is 8.44. The van der Waals surface area contributed by atoms with Gasteiger partial charge in [-0.15, -0.1) is 0 Å². The second-order valence-corrected chi connectivity index (χ2v) is 7.21. The zero-order valence-corrected chi connectivity index (χ0v) is 13.1. The van der Waals surface area contributed by atoms with Crippen LogP contribution in [0.25, 0.3) is 0 Å². The fourth-order valence-electron chi connectivity index (χ4n) is 1.58. The number of benzene rings is 1. The lowest BCUT2D eigenvalue weighted by Gasteiger charge is -2.16. The molecular formula is C14H21NO4S. The van der Waals surface area contributed by atoms with Gasteiger partial charge in [0.25, 0.3) is 5.91 Å². The summed E-state index contributed by atoms with van der Waals surface area (Å²) in [5, 5.41) is 2.55. The van der Waals surface area contributed by atoms with Gasteiger partial charge in [0.15, 0.2) is 6.10 Å². The molecule has 0 aliphatic rings. The molecule has 0 fully saturated rings. The summed E-state index contributed by atoms with van der Waals surface area (Å²) in [7, 11) is -3.07. The third-order valence-electron chi connectivity index (χ3n) is 2.79. The lowest BCUT2D eigenvalue weighted by Crippen LogP contribution is -2.38. The number of carbonyl (C=O) groups excluding carboxylic acids is 1. The van der Waals surface area contributed by atoms with E-state index < -0.39 is 15.9 Å². The van der Waals surface area contributed by atoms with Crippen molar-refractivity contribution < 1.29 is 17.9 Å². The molecule has 1 atom stereocenters. The van der Waals surface area contributed by atoms with Crippen molar-refractivity contribution >= 4 is 15.7 Å². The van der Waals surface area contributed by atoms with E-state index >= 15 is 0 Å². The van der Waals surface area contributed by atoms with Crippen LogP contribution in [0.3, 0.4) is 0 Å². The van der Waals surface area contributed by atoms with Crippen molar-refractivity contribution in [2.75, 3.05) is 18.6 Å². The molecule has 0 heterocycles. The van der Waals surface area contributed by atoms with Gasteiger partial charge < -0.3 is 10.1 Å². The average Bonchev–Trinajstić information content (AvgIpc) is 2.32. The van der Waals surface area contributed by atoms with Gasteiger partial charge in [-0.25, -0.2) is 8.42 Å². The molecule has 0 radical (unpaired) electrons. The molecule has 6 heteroatoms. The van der Waals surface area contributed by atoms with Gasteiger partial charge in [-0.1, -0.05) is 12.1 Å². The van der Waals surface area contributed by atoms with E-state index in [0.717, 1.165) is 17.4 Å². The summed E-state index contributed by atoms with van der Waals surface area (Å²) in [5.41, 5.74) is 2.00. The number of carbonyl (C=O) groups is 1. The molecule has 1 unspecified atom stereocenters. The summed E-state index contributed by atoms with van der Waals surface area (Å²) in [4.78, 5) is 11.8. The van der Waals surface area contributed by atoms with Crippen molar-refractivity contribution in [2.45, 2.75) is 26.9 Å². The average molecular weight is 299 g/mol. The number of hydrogen-bond donors (Lipinski definition) is 1. The van der Waals surface area contributed by atoms with Gasteiger partial charge in [-0.05, 0) is 38.0 Å². The second kappa shape index (κ2) is 6.74. The van der Waals surface area contributed by atoms with Crippen LogP contribution in [0.15, 0.2) is 18.2 Å². The monoisotopic (exact) mass is 299 g/mol. The second-order valence-electron chi connectivity index (χ2n) is 4.95. The Kier molecular flexibility index (Phi) is 5.56. The maximum atomic E-state index is 11.8. The molecule has 0 aromatic heterocycles. The van der Waals surface area contributed by atoms with Crippen molar-refractivity contribution in [3.63, 3.8) is 0 Å². The number of nitrogens with one attached hydrogen (secondary N) is 1. The standard InChI is InChI=1S/C14H21NO4S/c1-10-5-6-11(2)13(9-10)19-12(3)14(16)15-7-8-20(4,17)18/h5-6,9,12H,7-8H2,1-4H3,(H,15,16). The Morgan fingerprint density at radius 3 is 2.60 bits per heavy atom. The third-order valence-corrected chi connectivity index (χ3v) is 3.73. The van der Waals surface area contributed by atoms with Gasteiger partial charge in [0.1, 0.15) is 15.6 Å². The normalized spacial score (nSPS) is 12.8. The molecule has 0 aliphatic carbocycles. The summed E-state index contributed by atoms with van der Waals surface area (Å²) in [6.45, 7) is 5.59. The zero-order chi connectivity index (χ0) is 15.3. The molecule has 1 amide bonds. The highest BCUT2D eigenvalue weighted by molar-refractivity contribution is 7.90. The maximum absolute atomic E-state index is 11.8. The van der Waals surface area contributed by atoms with E-state index in [-0.39, 0.29) is 18.2 Å². The van der Waals surface area contributed by atoms with Gasteiger partial charge in [0, 0.05) is 12.8 Å². The zero-order valence-electron chi connectivity index (χ0n) is 12.3. The lowest BCUT2D eigenvalue weighted by molar-refractivity contribution is -0.127. The minimum absolute atomic E-state index is 0.0745. The van der Waals surface area contributed by atoms with Gasteiger partial charge in [-0.3, -0.25) is 4.79 Å². The Hall–Kier alpha value is -1.56. The van der Waals surface area contributed by atoms with Gasteiger partial charge in [0.2, 0.25) is 0 Å². The molecular weight excluding hydrogens is 278 g/mol. The van der Waals surface area contributed by atoms with Gasteiger partial charge >= 0.3 is 0 Å². The van der Waals surface area contributed by atoms with E-state index in [1.165, 1.54) is 0 Å². The topological polar surface area (TPSA) is 72.5 Å². The van der Waals surface area contributed by atoms with Crippen molar-refractivity contribution in [1.29, 1.82) is 0 Å². The van der Waals surface area contributed by atoms with Crippen molar-refractivity contribution in [2.24, 2.45) is 0 Å². The molecule has 0 spiro atoms. The van der Waals surface area contributed by atoms with Crippen LogP contribution in [-0.4, -0.2) is 39.0 Å². The first-order valence-electron chi connectivity index (χ1n) is 6.38.